The Balaban J connectivity index is 1.45. The molecular weight excluding hydrogens is 421 g/mol. The highest BCUT2D eigenvalue weighted by atomic mass is 19.1. The van der Waals surface area contributed by atoms with Crippen molar-refractivity contribution in [3.05, 3.63) is 95.7 Å². The Morgan fingerprint density at radius 3 is 2.09 bits per heavy atom. The highest BCUT2D eigenvalue weighted by Gasteiger charge is 2.42. The van der Waals surface area contributed by atoms with Gasteiger partial charge in [0.05, 0.1) is 12.1 Å². The van der Waals surface area contributed by atoms with Crippen LogP contribution in [0, 0.1) is 5.82 Å². The number of rotatable bonds is 5. The van der Waals surface area contributed by atoms with E-state index in [1.807, 2.05) is 35.2 Å². The number of piperazine rings is 1. The summed E-state index contributed by atoms with van der Waals surface area (Å²) in [7, 11) is 0. The molecule has 0 N–H and O–H groups in total. The van der Waals surface area contributed by atoms with E-state index in [2.05, 4.69) is 14.9 Å². The van der Waals surface area contributed by atoms with Crippen LogP contribution in [0.4, 0.5) is 10.3 Å². The number of halogens is 1. The molecule has 2 aliphatic heterocycles. The number of aromatic nitrogens is 2. The molecular formula is C25H22FN5O2. The van der Waals surface area contributed by atoms with E-state index >= 15 is 0 Å². The summed E-state index contributed by atoms with van der Waals surface area (Å²) >= 11 is 0. The predicted octanol–water partition coefficient (Wildman–Crippen LogP) is 2.72. The highest BCUT2D eigenvalue weighted by molar-refractivity contribution is 6.35. The lowest BCUT2D eigenvalue weighted by Crippen LogP contribution is -2.48. The molecule has 8 heteroatoms. The molecule has 1 fully saturated rings. The maximum atomic E-state index is 14.3. The summed E-state index contributed by atoms with van der Waals surface area (Å²) in [6.07, 6.45) is 3.40. The van der Waals surface area contributed by atoms with E-state index in [4.69, 9.17) is 0 Å². The van der Waals surface area contributed by atoms with Gasteiger partial charge in [0, 0.05) is 44.1 Å². The van der Waals surface area contributed by atoms with Crippen LogP contribution in [0.5, 0.6) is 0 Å². The van der Waals surface area contributed by atoms with E-state index in [1.54, 1.807) is 36.7 Å². The largest absolute Gasteiger partial charge is 0.363 e. The molecule has 33 heavy (non-hydrogen) atoms. The number of benzene rings is 2. The topological polar surface area (TPSA) is 69.6 Å². The molecule has 0 saturated carbocycles. The van der Waals surface area contributed by atoms with Gasteiger partial charge in [-0.05, 0) is 17.7 Å². The van der Waals surface area contributed by atoms with Crippen LogP contribution in [0.1, 0.15) is 11.1 Å². The van der Waals surface area contributed by atoms with Gasteiger partial charge in [-0.15, -0.1) is 0 Å². The summed E-state index contributed by atoms with van der Waals surface area (Å²) in [4.78, 5) is 40.7. The molecule has 0 atom stereocenters. The fraction of sp³-hybridized carbons (Fsp3) is 0.200. The molecule has 2 aliphatic rings. The standard InChI is InChI=1S/C25H22FN5O2/c26-20-10-5-4-9-19(20)17-31-23(32)21(18-7-2-1-3-8-18)22(24(31)33)29-13-15-30(16-14-29)25-27-11-6-12-28-25/h1-12H,13-17H2. The minimum Gasteiger partial charge on any atom is -0.363 e. The van der Waals surface area contributed by atoms with Gasteiger partial charge < -0.3 is 9.80 Å². The first-order valence-electron chi connectivity index (χ1n) is 10.8. The Labute approximate surface area is 190 Å². The highest BCUT2D eigenvalue weighted by Crippen LogP contribution is 2.33. The minimum atomic E-state index is -0.440. The van der Waals surface area contributed by atoms with Crippen molar-refractivity contribution in [2.24, 2.45) is 0 Å². The fourth-order valence-corrected chi connectivity index (χ4v) is 4.25. The first kappa shape index (κ1) is 20.8. The van der Waals surface area contributed by atoms with Crippen molar-refractivity contribution in [3.63, 3.8) is 0 Å². The van der Waals surface area contributed by atoms with Crippen LogP contribution in [0.25, 0.3) is 5.57 Å². The average molecular weight is 443 g/mol. The zero-order valence-corrected chi connectivity index (χ0v) is 17.9. The quantitative estimate of drug-likeness (QED) is 0.565. The Morgan fingerprint density at radius 1 is 0.758 bits per heavy atom. The van der Waals surface area contributed by atoms with Crippen LogP contribution in [0.15, 0.2) is 78.8 Å². The third-order valence-corrected chi connectivity index (χ3v) is 5.92. The summed E-state index contributed by atoms with van der Waals surface area (Å²) in [5.41, 5.74) is 1.71. The van der Waals surface area contributed by atoms with Gasteiger partial charge in [-0.2, -0.15) is 0 Å². The van der Waals surface area contributed by atoms with E-state index in [9.17, 15) is 14.0 Å². The van der Waals surface area contributed by atoms with Crippen LogP contribution >= 0.6 is 0 Å². The zero-order valence-electron chi connectivity index (χ0n) is 17.9. The molecule has 1 aromatic heterocycles. The van der Waals surface area contributed by atoms with Gasteiger partial charge in [-0.3, -0.25) is 14.5 Å². The van der Waals surface area contributed by atoms with Crippen molar-refractivity contribution in [3.8, 4) is 0 Å². The van der Waals surface area contributed by atoms with Crippen molar-refractivity contribution in [1.29, 1.82) is 0 Å². The molecule has 3 heterocycles. The zero-order chi connectivity index (χ0) is 22.8. The molecule has 2 aromatic carbocycles. The van der Waals surface area contributed by atoms with Crippen LogP contribution in [0.2, 0.25) is 0 Å². The van der Waals surface area contributed by atoms with E-state index < -0.39 is 17.6 Å². The van der Waals surface area contributed by atoms with Crippen molar-refractivity contribution < 1.29 is 14.0 Å². The molecule has 0 radical (unpaired) electrons. The Morgan fingerprint density at radius 2 is 1.39 bits per heavy atom. The van der Waals surface area contributed by atoms with Gasteiger partial charge in [0.25, 0.3) is 11.8 Å². The summed E-state index contributed by atoms with van der Waals surface area (Å²) in [5.74, 6) is -0.599. The third-order valence-electron chi connectivity index (χ3n) is 5.92. The van der Waals surface area contributed by atoms with E-state index in [-0.39, 0.29) is 6.54 Å². The molecule has 0 unspecified atom stereocenters. The second kappa shape index (κ2) is 8.82. The molecule has 0 aliphatic carbocycles. The van der Waals surface area contributed by atoms with Crippen molar-refractivity contribution >= 4 is 23.3 Å². The molecule has 7 nitrogen and oxygen atoms in total. The number of imide groups is 1. The van der Waals surface area contributed by atoms with E-state index in [0.717, 1.165) is 4.90 Å². The lowest BCUT2D eigenvalue weighted by Gasteiger charge is -2.36. The van der Waals surface area contributed by atoms with Gasteiger partial charge in [0.2, 0.25) is 5.95 Å². The molecule has 3 aromatic rings. The smallest absolute Gasteiger partial charge is 0.278 e. The maximum absolute atomic E-state index is 14.3. The second-order valence-electron chi connectivity index (χ2n) is 7.90. The van der Waals surface area contributed by atoms with Gasteiger partial charge in [0.1, 0.15) is 11.5 Å². The van der Waals surface area contributed by atoms with Gasteiger partial charge in [-0.1, -0.05) is 48.5 Å². The lowest BCUT2D eigenvalue weighted by atomic mass is 10.0. The third kappa shape index (κ3) is 3.95. The number of hydrogen-bond acceptors (Lipinski definition) is 6. The molecule has 0 spiro atoms. The molecule has 0 bridgehead atoms. The second-order valence-corrected chi connectivity index (χ2v) is 7.90. The Hall–Kier alpha value is -4.07. The van der Waals surface area contributed by atoms with Crippen molar-refractivity contribution in [2.45, 2.75) is 6.54 Å². The van der Waals surface area contributed by atoms with Crippen molar-refractivity contribution in [1.82, 2.24) is 19.8 Å². The summed E-state index contributed by atoms with van der Waals surface area (Å²) in [6.45, 7) is 2.20. The summed E-state index contributed by atoms with van der Waals surface area (Å²) < 4.78 is 14.3. The van der Waals surface area contributed by atoms with Gasteiger partial charge >= 0.3 is 0 Å². The van der Waals surface area contributed by atoms with Crippen LogP contribution < -0.4 is 4.90 Å². The van der Waals surface area contributed by atoms with E-state index in [1.165, 1.54) is 6.07 Å². The number of anilines is 1. The van der Waals surface area contributed by atoms with Crippen LogP contribution in [0.3, 0.4) is 0 Å². The normalized spacial score (nSPS) is 16.7. The minimum absolute atomic E-state index is 0.109. The Kier molecular flexibility index (Phi) is 5.56. The number of carbonyl (C=O) groups excluding carboxylic acids is 2. The van der Waals surface area contributed by atoms with Crippen LogP contribution in [-0.4, -0.2) is 57.8 Å². The molecule has 166 valence electrons. The lowest BCUT2D eigenvalue weighted by molar-refractivity contribution is -0.138. The summed E-state index contributed by atoms with van der Waals surface area (Å²) in [5, 5.41) is 0. The van der Waals surface area contributed by atoms with Gasteiger partial charge in [-0.25, -0.2) is 14.4 Å². The number of carbonyl (C=O) groups is 2. The maximum Gasteiger partial charge on any atom is 0.278 e. The molecule has 1 saturated heterocycles. The number of amides is 2. The SMILES string of the molecule is O=C1C(c2ccccc2)=C(N2CCN(c3ncccn3)CC2)C(=O)N1Cc1ccccc1F. The number of hydrogen-bond donors (Lipinski definition) is 0. The average Bonchev–Trinajstić information content (AvgIpc) is 3.11. The van der Waals surface area contributed by atoms with Crippen LogP contribution in [-0.2, 0) is 16.1 Å². The Bertz CT molecular complexity index is 1210. The fourth-order valence-electron chi connectivity index (χ4n) is 4.25. The number of nitrogens with zero attached hydrogens (tertiary/aromatic N) is 5. The van der Waals surface area contributed by atoms with Crippen molar-refractivity contribution in [2.75, 3.05) is 31.1 Å². The predicted molar refractivity (Wildman–Crippen MR) is 121 cm³/mol. The van der Waals surface area contributed by atoms with Gasteiger partial charge in [0.15, 0.2) is 0 Å². The molecule has 5 rings (SSSR count). The monoisotopic (exact) mass is 443 g/mol. The first-order chi connectivity index (χ1) is 16.1. The first-order valence-corrected chi connectivity index (χ1v) is 10.8. The van der Waals surface area contributed by atoms with E-state index in [0.29, 0.717) is 54.5 Å². The summed E-state index contributed by atoms with van der Waals surface area (Å²) in [6, 6.07) is 17.1. The molecule has 2 amide bonds.